The van der Waals surface area contributed by atoms with E-state index < -0.39 is 0 Å². The van der Waals surface area contributed by atoms with Crippen molar-refractivity contribution in [2.24, 2.45) is 0 Å². The maximum absolute atomic E-state index is 11.7. The summed E-state index contributed by atoms with van der Waals surface area (Å²) in [7, 11) is 3.53. The summed E-state index contributed by atoms with van der Waals surface area (Å²) in [6.07, 6.45) is 0.786. The molecule has 0 saturated carbocycles. The smallest absolute Gasteiger partial charge is 0.257 e. The normalized spacial score (nSPS) is 10.5. The SMILES string of the molecule is CNCc1cc(Br)c(OCC(=O)NCCCOC)c(Br)c1. The number of rotatable bonds is 9. The van der Waals surface area contributed by atoms with Crippen LogP contribution < -0.4 is 15.4 Å². The average Bonchev–Trinajstić information content (AvgIpc) is 2.43. The summed E-state index contributed by atoms with van der Waals surface area (Å²) in [5.41, 5.74) is 1.12. The zero-order valence-corrected chi connectivity index (χ0v) is 15.3. The zero-order valence-electron chi connectivity index (χ0n) is 12.2. The lowest BCUT2D eigenvalue weighted by Gasteiger charge is -2.12. The van der Waals surface area contributed by atoms with Crippen LogP contribution in [0.5, 0.6) is 5.75 Å². The minimum Gasteiger partial charge on any atom is -0.481 e. The monoisotopic (exact) mass is 422 g/mol. The molecule has 1 aromatic carbocycles. The molecule has 0 saturated heterocycles. The molecular formula is C14H20Br2N2O3. The third-order valence-corrected chi connectivity index (χ3v) is 3.81. The van der Waals surface area contributed by atoms with Crippen LogP contribution in [0, 0.1) is 0 Å². The van der Waals surface area contributed by atoms with Crippen molar-refractivity contribution in [2.75, 3.05) is 33.9 Å². The predicted molar refractivity (Wildman–Crippen MR) is 89.6 cm³/mol. The number of carbonyl (C=O) groups excluding carboxylic acids is 1. The molecule has 0 bridgehead atoms. The minimum absolute atomic E-state index is 0.0183. The van der Waals surface area contributed by atoms with Crippen LogP contribution in [-0.2, 0) is 16.1 Å². The molecule has 21 heavy (non-hydrogen) atoms. The number of nitrogens with one attached hydrogen (secondary N) is 2. The summed E-state index contributed by atoms with van der Waals surface area (Å²) in [5, 5.41) is 5.86. The number of benzene rings is 1. The lowest BCUT2D eigenvalue weighted by atomic mass is 10.2. The molecule has 7 heteroatoms. The first-order chi connectivity index (χ1) is 10.1. The summed E-state index contributed by atoms with van der Waals surface area (Å²) in [5.74, 6) is 0.478. The number of methoxy groups -OCH3 is 1. The van der Waals surface area contributed by atoms with Crippen LogP contribution in [0.15, 0.2) is 21.1 Å². The van der Waals surface area contributed by atoms with E-state index in [0.29, 0.717) is 18.9 Å². The molecule has 0 heterocycles. The maximum atomic E-state index is 11.7. The topological polar surface area (TPSA) is 59.6 Å². The standard InChI is InChI=1S/C14H20Br2N2O3/c1-17-8-10-6-11(15)14(12(16)7-10)21-9-13(19)18-4-3-5-20-2/h6-7,17H,3-5,8-9H2,1-2H3,(H,18,19). The van der Waals surface area contributed by atoms with Gasteiger partial charge < -0.3 is 20.1 Å². The van der Waals surface area contributed by atoms with Crippen molar-refractivity contribution in [3.8, 4) is 5.75 Å². The van der Waals surface area contributed by atoms with Crippen LogP contribution in [0.1, 0.15) is 12.0 Å². The van der Waals surface area contributed by atoms with Gasteiger partial charge in [0, 0.05) is 26.8 Å². The van der Waals surface area contributed by atoms with Crippen molar-refractivity contribution in [1.82, 2.24) is 10.6 Å². The van der Waals surface area contributed by atoms with E-state index in [1.54, 1.807) is 7.11 Å². The number of hydrogen-bond acceptors (Lipinski definition) is 4. The van der Waals surface area contributed by atoms with Crippen molar-refractivity contribution in [3.63, 3.8) is 0 Å². The Morgan fingerprint density at radius 1 is 1.29 bits per heavy atom. The molecule has 0 atom stereocenters. The highest BCUT2D eigenvalue weighted by molar-refractivity contribution is 9.11. The van der Waals surface area contributed by atoms with Crippen molar-refractivity contribution in [1.29, 1.82) is 0 Å². The van der Waals surface area contributed by atoms with Gasteiger partial charge in [-0.05, 0) is 63.0 Å². The van der Waals surface area contributed by atoms with Crippen LogP contribution >= 0.6 is 31.9 Å². The molecule has 0 aliphatic rings. The fourth-order valence-corrected chi connectivity index (χ4v) is 3.20. The highest BCUT2D eigenvalue weighted by atomic mass is 79.9. The van der Waals surface area contributed by atoms with Gasteiger partial charge in [0.05, 0.1) is 8.95 Å². The Balaban J connectivity index is 2.49. The second-order valence-electron chi connectivity index (χ2n) is 4.40. The van der Waals surface area contributed by atoms with Gasteiger partial charge in [0.25, 0.3) is 5.91 Å². The van der Waals surface area contributed by atoms with Gasteiger partial charge in [-0.15, -0.1) is 0 Å². The van der Waals surface area contributed by atoms with Crippen LogP contribution in [0.3, 0.4) is 0 Å². The van der Waals surface area contributed by atoms with E-state index in [1.807, 2.05) is 19.2 Å². The first-order valence-electron chi connectivity index (χ1n) is 6.59. The van der Waals surface area contributed by atoms with Crippen LogP contribution in [0.25, 0.3) is 0 Å². The predicted octanol–water partition coefficient (Wildman–Crippen LogP) is 2.46. The third-order valence-electron chi connectivity index (χ3n) is 2.63. The Morgan fingerprint density at radius 3 is 2.52 bits per heavy atom. The molecule has 1 rings (SSSR count). The molecule has 0 aliphatic heterocycles. The van der Waals surface area contributed by atoms with E-state index in [0.717, 1.165) is 27.5 Å². The Kier molecular flexibility index (Phi) is 8.91. The molecule has 2 N–H and O–H groups in total. The average molecular weight is 424 g/mol. The van der Waals surface area contributed by atoms with Gasteiger partial charge in [0.2, 0.25) is 0 Å². The van der Waals surface area contributed by atoms with Gasteiger partial charge in [-0.1, -0.05) is 0 Å². The summed E-state index contributed by atoms with van der Waals surface area (Å²) in [6, 6.07) is 3.93. The third kappa shape index (κ3) is 6.78. The fourth-order valence-electron chi connectivity index (χ4n) is 1.69. The van der Waals surface area contributed by atoms with Gasteiger partial charge in [0.1, 0.15) is 5.75 Å². The van der Waals surface area contributed by atoms with E-state index in [4.69, 9.17) is 9.47 Å². The summed E-state index contributed by atoms with van der Waals surface area (Å²) < 4.78 is 12.1. The molecule has 1 aromatic rings. The molecule has 1 amide bonds. The number of halogens is 2. The number of carbonyl (C=O) groups is 1. The molecule has 0 fully saturated rings. The summed E-state index contributed by atoms with van der Waals surface area (Å²) >= 11 is 6.92. The molecular weight excluding hydrogens is 404 g/mol. The lowest BCUT2D eigenvalue weighted by Crippen LogP contribution is -2.30. The Bertz CT molecular complexity index is 447. The van der Waals surface area contributed by atoms with E-state index in [-0.39, 0.29) is 12.5 Å². The van der Waals surface area contributed by atoms with Crippen LogP contribution in [0.4, 0.5) is 0 Å². The second kappa shape index (κ2) is 10.2. The lowest BCUT2D eigenvalue weighted by molar-refractivity contribution is -0.123. The summed E-state index contributed by atoms with van der Waals surface area (Å²) in [4.78, 5) is 11.7. The summed E-state index contributed by atoms with van der Waals surface area (Å²) in [6.45, 7) is 1.96. The Hall–Kier alpha value is -0.630. The molecule has 5 nitrogen and oxygen atoms in total. The van der Waals surface area contributed by atoms with E-state index in [9.17, 15) is 4.79 Å². The van der Waals surface area contributed by atoms with Crippen molar-refractivity contribution < 1.29 is 14.3 Å². The quantitative estimate of drug-likeness (QED) is 0.599. The first-order valence-corrected chi connectivity index (χ1v) is 8.18. The molecule has 118 valence electrons. The highest BCUT2D eigenvalue weighted by Gasteiger charge is 2.11. The number of ether oxygens (including phenoxy) is 2. The Labute approximate surface area is 142 Å². The molecule has 0 aromatic heterocycles. The zero-order chi connectivity index (χ0) is 15.7. The molecule has 0 unspecified atom stereocenters. The van der Waals surface area contributed by atoms with Gasteiger partial charge in [0.15, 0.2) is 6.61 Å². The fraction of sp³-hybridized carbons (Fsp3) is 0.500. The van der Waals surface area contributed by atoms with Crippen LogP contribution in [-0.4, -0.2) is 39.8 Å². The van der Waals surface area contributed by atoms with E-state index in [2.05, 4.69) is 42.5 Å². The molecule has 0 aliphatic carbocycles. The first kappa shape index (κ1) is 18.4. The second-order valence-corrected chi connectivity index (χ2v) is 6.11. The molecule has 0 radical (unpaired) electrons. The van der Waals surface area contributed by atoms with Gasteiger partial charge in [-0.2, -0.15) is 0 Å². The van der Waals surface area contributed by atoms with E-state index >= 15 is 0 Å². The Morgan fingerprint density at radius 2 is 1.95 bits per heavy atom. The number of amides is 1. The van der Waals surface area contributed by atoms with Crippen molar-refractivity contribution in [3.05, 3.63) is 26.6 Å². The van der Waals surface area contributed by atoms with Gasteiger partial charge >= 0.3 is 0 Å². The highest BCUT2D eigenvalue weighted by Crippen LogP contribution is 2.34. The van der Waals surface area contributed by atoms with E-state index in [1.165, 1.54) is 0 Å². The largest absolute Gasteiger partial charge is 0.481 e. The van der Waals surface area contributed by atoms with Crippen molar-refractivity contribution >= 4 is 37.8 Å². The number of hydrogen-bond donors (Lipinski definition) is 2. The van der Waals surface area contributed by atoms with Crippen LogP contribution in [0.2, 0.25) is 0 Å². The van der Waals surface area contributed by atoms with Gasteiger partial charge in [-0.25, -0.2) is 0 Å². The maximum Gasteiger partial charge on any atom is 0.257 e. The molecule has 0 spiro atoms. The van der Waals surface area contributed by atoms with Crippen molar-refractivity contribution in [2.45, 2.75) is 13.0 Å². The minimum atomic E-state index is -0.149. The van der Waals surface area contributed by atoms with Gasteiger partial charge in [-0.3, -0.25) is 4.79 Å².